The Labute approximate surface area is 129 Å². The van der Waals surface area contributed by atoms with Crippen molar-refractivity contribution in [3.8, 4) is 0 Å². The molecule has 1 saturated heterocycles. The van der Waals surface area contributed by atoms with E-state index in [4.69, 9.17) is 0 Å². The van der Waals surface area contributed by atoms with Crippen LogP contribution >= 0.6 is 0 Å². The van der Waals surface area contributed by atoms with Crippen LogP contribution in [-0.4, -0.2) is 35.6 Å². The van der Waals surface area contributed by atoms with Crippen molar-refractivity contribution >= 4 is 0 Å². The van der Waals surface area contributed by atoms with E-state index in [1.165, 1.54) is 71.1 Å². The number of aryl methyl sites for hydroxylation is 2. The number of nitrogens with one attached hydrogen (secondary N) is 1. The van der Waals surface area contributed by atoms with E-state index in [9.17, 15) is 0 Å². The molecule has 1 aromatic heterocycles. The van der Waals surface area contributed by atoms with Gasteiger partial charge in [0.1, 0.15) is 0 Å². The molecular weight excluding hydrogens is 258 g/mol. The van der Waals surface area contributed by atoms with Crippen molar-refractivity contribution in [2.75, 3.05) is 26.2 Å². The van der Waals surface area contributed by atoms with Crippen molar-refractivity contribution in [1.82, 2.24) is 14.8 Å². The minimum absolute atomic E-state index is 0.590. The van der Waals surface area contributed by atoms with Gasteiger partial charge in [0.2, 0.25) is 0 Å². The molecule has 0 amide bonds. The van der Waals surface area contributed by atoms with Gasteiger partial charge in [0.05, 0.1) is 0 Å². The van der Waals surface area contributed by atoms with Crippen LogP contribution in [0.4, 0.5) is 0 Å². The van der Waals surface area contributed by atoms with E-state index < -0.39 is 0 Å². The molecule has 1 N–H and O–H groups in total. The maximum absolute atomic E-state index is 3.67. The molecule has 0 saturated carbocycles. The summed E-state index contributed by atoms with van der Waals surface area (Å²) in [6.07, 6.45) is 14.2. The van der Waals surface area contributed by atoms with Crippen LogP contribution in [0, 0.1) is 0 Å². The highest BCUT2D eigenvalue weighted by atomic mass is 15.1. The number of nitrogens with zero attached hydrogens (tertiary/aromatic N) is 2. The van der Waals surface area contributed by atoms with Crippen LogP contribution in [-0.2, 0) is 13.0 Å². The van der Waals surface area contributed by atoms with Gasteiger partial charge in [-0.1, -0.05) is 13.3 Å². The van der Waals surface area contributed by atoms with E-state index in [0.717, 1.165) is 6.54 Å². The van der Waals surface area contributed by atoms with Crippen LogP contribution in [0.25, 0.3) is 0 Å². The monoisotopic (exact) mass is 289 g/mol. The summed E-state index contributed by atoms with van der Waals surface area (Å²) in [7, 11) is 0. The van der Waals surface area contributed by atoms with E-state index >= 15 is 0 Å². The summed E-state index contributed by atoms with van der Waals surface area (Å²) in [5, 5.41) is 3.67. The van der Waals surface area contributed by atoms with Crippen molar-refractivity contribution in [1.29, 1.82) is 0 Å². The van der Waals surface area contributed by atoms with Gasteiger partial charge < -0.3 is 14.8 Å². The highest BCUT2D eigenvalue weighted by Crippen LogP contribution is 2.29. The maximum Gasteiger partial charge on any atom is 0.0337 e. The van der Waals surface area contributed by atoms with Crippen molar-refractivity contribution < 1.29 is 0 Å². The molecule has 3 nitrogen and oxygen atoms in total. The first kappa shape index (κ1) is 15.1. The summed E-state index contributed by atoms with van der Waals surface area (Å²) >= 11 is 0. The molecule has 0 spiro atoms. The molecule has 2 heterocycles. The van der Waals surface area contributed by atoms with Gasteiger partial charge in [-0.3, -0.25) is 0 Å². The lowest BCUT2D eigenvalue weighted by Gasteiger charge is -2.16. The van der Waals surface area contributed by atoms with Crippen molar-refractivity contribution in [3.63, 3.8) is 0 Å². The molecule has 1 aliphatic heterocycles. The Morgan fingerprint density at radius 3 is 2.76 bits per heavy atom. The standard InChI is InChI=1S/C18H31N3/c1-2-19-18-9-4-3-8-16-14-21(15-17(16)18)13-7-12-20-10-5-6-11-20/h14-15,18-19H,2-13H2,1H3. The molecule has 1 aliphatic carbocycles. The van der Waals surface area contributed by atoms with Gasteiger partial charge in [0.15, 0.2) is 0 Å². The molecule has 1 aromatic rings. The fourth-order valence-electron chi connectivity index (χ4n) is 3.99. The van der Waals surface area contributed by atoms with Crippen molar-refractivity contribution in [3.05, 3.63) is 23.5 Å². The molecular formula is C18H31N3. The Hall–Kier alpha value is -0.800. The number of likely N-dealkylation sites (tertiary alicyclic amines) is 1. The predicted molar refractivity (Wildman–Crippen MR) is 88.7 cm³/mol. The van der Waals surface area contributed by atoms with Crippen LogP contribution in [0.15, 0.2) is 12.4 Å². The molecule has 1 fully saturated rings. The third kappa shape index (κ3) is 3.89. The number of hydrogen-bond donors (Lipinski definition) is 1. The van der Waals surface area contributed by atoms with E-state index in [-0.39, 0.29) is 0 Å². The van der Waals surface area contributed by atoms with Crippen molar-refractivity contribution in [2.24, 2.45) is 0 Å². The van der Waals surface area contributed by atoms with Gasteiger partial charge in [-0.25, -0.2) is 0 Å². The molecule has 2 aliphatic rings. The number of hydrogen-bond acceptors (Lipinski definition) is 2. The number of rotatable bonds is 6. The van der Waals surface area contributed by atoms with Crippen LogP contribution in [0.2, 0.25) is 0 Å². The Morgan fingerprint density at radius 2 is 1.95 bits per heavy atom. The number of fused-ring (bicyclic) bond motifs is 1. The fourth-order valence-corrected chi connectivity index (χ4v) is 3.99. The van der Waals surface area contributed by atoms with Crippen molar-refractivity contribution in [2.45, 2.75) is 64.5 Å². The van der Waals surface area contributed by atoms with E-state index in [2.05, 4.69) is 34.1 Å². The average molecular weight is 289 g/mol. The predicted octanol–water partition coefficient (Wildman–Crippen LogP) is 3.35. The zero-order valence-corrected chi connectivity index (χ0v) is 13.6. The van der Waals surface area contributed by atoms with E-state index in [1.54, 1.807) is 11.1 Å². The summed E-state index contributed by atoms with van der Waals surface area (Å²) in [5.74, 6) is 0. The summed E-state index contributed by atoms with van der Waals surface area (Å²) in [6, 6.07) is 0.590. The smallest absolute Gasteiger partial charge is 0.0337 e. The SMILES string of the molecule is CCNC1CCCCc2cn(CCCN3CCCC3)cc21. The average Bonchev–Trinajstić information content (AvgIpc) is 3.09. The van der Waals surface area contributed by atoms with Gasteiger partial charge in [0.25, 0.3) is 0 Å². The van der Waals surface area contributed by atoms with Crippen LogP contribution < -0.4 is 5.32 Å². The van der Waals surface area contributed by atoms with Gasteiger partial charge in [-0.2, -0.15) is 0 Å². The Bertz CT molecular complexity index is 432. The van der Waals surface area contributed by atoms with Gasteiger partial charge in [-0.05, 0) is 75.8 Å². The molecule has 1 atom stereocenters. The minimum Gasteiger partial charge on any atom is -0.354 e. The van der Waals surface area contributed by atoms with Crippen LogP contribution in [0.5, 0.6) is 0 Å². The third-order valence-electron chi connectivity index (χ3n) is 5.10. The topological polar surface area (TPSA) is 20.2 Å². The molecule has 3 heteroatoms. The summed E-state index contributed by atoms with van der Waals surface area (Å²) in [6.45, 7) is 8.40. The molecule has 0 aromatic carbocycles. The minimum atomic E-state index is 0.590. The second kappa shape index (κ2) is 7.46. The third-order valence-corrected chi connectivity index (χ3v) is 5.10. The maximum atomic E-state index is 3.67. The van der Waals surface area contributed by atoms with Gasteiger partial charge in [-0.15, -0.1) is 0 Å². The zero-order valence-electron chi connectivity index (χ0n) is 13.6. The summed E-state index contributed by atoms with van der Waals surface area (Å²) < 4.78 is 2.45. The number of aromatic nitrogens is 1. The Balaban J connectivity index is 1.57. The molecule has 3 rings (SSSR count). The molecule has 21 heavy (non-hydrogen) atoms. The molecule has 0 radical (unpaired) electrons. The molecule has 0 bridgehead atoms. The van der Waals surface area contributed by atoms with Crippen LogP contribution in [0.1, 0.15) is 62.6 Å². The largest absolute Gasteiger partial charge is 0.354 e. The highest BCUT2D eigenvalue weighted by molar-refractivity contribution is 5.29. The first-order valence-electron chi connectivity index (χ1n) is 9.01. The summed E-state index contributed by atoms with van der Waals surface area (Å²) in [4.78, 5) is 2.62. The van der Waals surface area contributed by atoms with E-state index in [0.29, 0.717) is 6.04 Å². The lowest BCUT2D eigenvalue weighted by molar-refractivity contribution is 0.325. The molecule has 1 unspecified atom stereocenters. The lowest BCUT2D eigenvalue weighted by atomic mass is 10.0. The first-order chi connectivity index (χ1) is 10.4. The molecule has 118 valence electrons. The Kier molecular flexibility index (Phi) is 5.37. The Morgan fingerprint density at radius 1 is 1.10 bits per heavy atom. The summed E-state index contributed by atoms with van der Waals surface area (Å²) in [5.41, 5.74) is 3.18. The quantitative estimate of drug-likeness (QED) is 0.811. The first-order valence-corrected chi connectivity index (χ1v) is 9.01. The fraction of sp³-hybridized carbons (Fsp3) is 0.778. The second-order valence-corrected chi connectivity index (χ2v) is 6.73. The van der Waals surface area contributed by atoms with Gasteiger partial charge in [0, 0.05) is 25.0 Å². The zero-order chi connectivity index (χ0) is 14.5. The normalized spacial score (nSPS) is 23.2. The van der Waals surface area contributed by atoms with E-state index in [1.807, 2.05) is 0 Å². The van der Waals surface area contributed by atoms with Gasteiger partial charge >= 0.3 is 0 Å². The lowest BCUT2D eigenvalue weighted by Crippen LogP contribution is -2.21. The highest BCUT2D eigenvalue weighted by Gasteiger charge is 2.19. The van der Waals surface area contributed by atoms with Crippen LogP contribution in [0.3, 0.4) is 0 Å². The second-order valence-electron chi connectivity index (χ2n) is 6.73.